The lowest BCUT2D eigenvalue weighted by Gasteiger charge is -2.13. The fourth-order valence-electron chi connectivity index (χ4n) is 10.2. The SMILES string of the molecule is c1ccc(-c2nc(-c3cc4ccccc4c4ccccc34)nc(-c3cc4c5cc(-n6c7cc8ccccc8cc7c7ccc8ccccc8c76)ccc5oc4c4ccccc34)n2)cc1. The number of fused-ring (bicyclic) bond motifs is 14. The molecule has 0 aliphatic carbocycles. The number of rotatable bonds is 4. The molecule has 0 atom stereocenters. The lowest BCUT2D eigenvalue weighted by atomic mass is 9.96. The second kappa shape index (κ2) is 13.4. The highest BCUT2D eigenvalue weighted by molar-refractivity contribution is 6.22. The van der Waals surface area contributed by atoms with E-state index in [0.29, 0.717) is 17.5 Å². The molecule has 3 aromatic heterocycles. The number of hydrogen-bond donors (Lipinski definition) is 0. The van der Waals surface area contributed by atoms with Crippen molar-refractivity contribution in [3.05, 3.63) is 206 Å². The first kappa shape index (κ1) is 35.0. The van der Waals surface area contributed by atoms with Crippen LogP contribution >= 0.6 is 0 Å². The van der Waals surface area contributed by atoms with Crippen molar-refractivity contribution < 1.29 is 4.42 Å². The summed E-state index contributed by atoms with van der Waals surface area (Å²) in [6, 6.07) is 73.3. The minimum Gasteiger partial charge on any atom is -0.455 e. The molecule has 0 aliphatic rings. The van der Waals surface area contributed by atoms with E-state index < -0.39 is 0 Å². The van der Waals surface area contributed by atoms with Crippen molar-refractivity contribution in [2.24, 2.45) is 0 Å². The second-order valence-corrected chi connectivity index (χ2v) is 16.7. The van der Waals surface area contributed by atoms with Gasteiger partial charge in [-0.2, -0.15) is 0 Å². The van der Waals surface area contributed by atoms with Crippen LogP contribution in [0.1, 0.15) is 0 Å². The summed E-state index contributed by atoms with van der Waals surface area (Å²) in [7, 11) is 0. The van der Waals surface area contributed by atoms with E-state index in [0.717, 1.165) is 76.8 Å². The standard InChI is InChI=1S/C59H34N4O/c1-2-15-36(16-3-1)57-60-58(51-31-39-19-7-8-20-41(39)43-22-10-11-23-44(43)51)62-59(61-57)52-34-50-49-33-40(27-29-54(49)64-56(50)47-25-13-12-24-45(47)52)63-53-32-38-18-5-4-17-37(38)30-48(53)46-28-26-35-14-6-9-21-42(35)55(46)63/h1-34H. The molecule has 0 fully saturated rings. The van der Waals surface area contributed by atoms with Crippen LogP contribution < -0.4 is 0 Å². The van der Waals surface area contributed by atoms with Crippen molar-refractivity contribution >= 4 is 97.6 Å². The van der Waals surface area contributed by atoms with Gasteiger partial charge in [0.2, 0.25) is 0 Å². The molecule has 0 spiro atoms. The van der Waals surface area contributed by atoms with E-state index >= 15 is 0 Å². The first-order valence-electron chi connectivity index (χ1n) is 21.7. The summed E-state index contributed by atoms with van der Waals surface area (Å²) in [5, 5.41) is 15.9. The van der Waals surface area contributed by atoms with Crippen LogP contribution in [0, 0.1) is 0 Å². The number of hydrogen-bond acceptors (Lipinski definition) is 4. The zero-order valence-corrected chi connectivity index (χ0v) is 34.3. The van der Waals surface area contributed by atoms with Crippen molar-refractivity contribution in [2.75, 3.05) is 0 Å². The second-order valence-electron chi connectivity index (χ2n) is 16.7. The van der Waals surface area contributed by atoms with Gasteiger partial charge in [-0.15, -0.1) is 0 Å². The highest BCUT2D eigenvalue weighted by atomic mass is 16.3. The van der Waals surface area contributed by atoms with Crippen LogP contribution in [0.2, 0.25) is 0 Å². The molecule has 5 heteroatoms. The molecular weight excluding hydrogens is 781 g/mol. The molecule has 0 saturated heterocycles. The fourth-order valence-corrected chi connectivity index (χ4v) is 10.2. The van der Waals surface area contributed by atoms with E-state index in [1.165, 1.54) is 43.2 Å². The normalized spacial score (nSPS) is 12.1. The van der Waals surface area contributed by atoms with Gasteiger partial charge in [-0.1, -0.05) is 164 Å². The molecule has 0 unspecified atom stereocenters. The Bertz CT molecular complexity index is 4260. The van der Waals surface area contributed by atoms with E-state index in [2.05, 4.69) is 193 Å². The van der Waals surface area contributed by atoms with E-state index in [-0.39, 0.29) is 0 Å². The highest BCUT2D eigenvalue weighted by Crippen LogP contribution is 2.43. The predicted molar refractivity (Wildman–Crippen MR) is 265 cm³/mol. The molecule has 64 heavy (non-hydrogen) atoms. The Balaban J connectivity index is 1.05. The molecule has 0 N–H and O–H groups in total. The largest absolute Gasteiger partial charge is 0.455 e. The van der Waals surface area contributed by atoms with Crippen LogP contribution in [0.4, 0.5) is 0 Å². The minimum absolute atomic E-state index is 0.602. The third kappa shape index (κ3) is 5.15. The summed E-state index contributed by atoms with van der Waals surface area (Å²) in [5.74, 6) is 1.85. The van der Waals surface area contributed by atoms with E-state index in [1.807, 2.05) is 18.2 Å². The summed E-state index contributed by atoms with van der Waals surface area (Å²) >= 11 is 0. The maximum absolute atomic E-state index is 6.84. The van der Waals surface area contributed by atoms with Crippen LogP contribution in [0.15, 0.2) is 211 Å². The van der Waals surface area contributed by atoms with Crippen LogP contribution in [0.3, 0.4) is 0 Å². The van der Waals surface area contributed by atoms with Crippen LogP contribution in [0.5, 0.6) is 0 Å². The summed E-state index contributed by atoms with van der Waals surface area (Å²) in [6.45, 7) is 0. The van der Waals surface area contributed by atoms with Gasteiger partial charge < -0.3 is 8.98 Å². The minimum atomic E-state index is 0.602. The number of aromatic nitrogens is 4. The predicted octanol–water partition coefficient (Wildman–Crippen LogP) is 15.6. The van der Waals surface area contributed by atoms with Gasteiger partial charge in [0, 0.05) is 54.7 Å². The van der Waals surface area contributed by atoms with Gasteiger partial charge in [0.25, 0.3) is 0 Å². The van der Waals surface area contributed by atoms with Crippen molar-refractivity contribution in [1.29, 1.82) is 0 Å². The van der Waals surface area contributed by atoms with Gasteiger partial charge in [-0.05, 0) is 85.6 Å². The van der Waals surface area contributed by atoms with Crippen molar-refractivity contribution in [2.45, 2.75) is 0 Å². The third-order valence-electron chi connectivity index (χ3n) is 13.2. The fraction of sp³-hybridized carbons (Fsp3) is 0. The summed E-state index contributed by atoms with van der Waals surface area (Å²) in [6.07, 6.45) is 0. The van der Waals surface area contributed by atoms with Crippen LogP contribution in [-0.2, 0) is 0 Å². The Labute approximate surface area is 366 Å². The van der Waals surface area contributed by atoms with E-state index in [9.17, 15) is 0 Å². The smallest absolute Gasteiger partial charge is 0.164 e. The Morgan fingerprint density at radius 3 is 1.70 bits per heavy atom. The quantitative estimate of drug-likeness (QED) is 0.166. The van der Waals surface area contributed by atoms with Gasteiger partial charge in [0.15, 0.2) is 17.5 Å². The molecular formula is C59H34N4O. The van der Waals surface area contributed by atoms with Crippen molar-refractivity contribution in [1.82, 2.24) is 19.5 Å². The molecule has 0 amide bonds. The number of benzene rings is 11. The van der Waals surface area contributed by atoms with Gasteiger partial charge in [0.05, 0.1) is 11.0 Å². The number of nitrogens with zero attached hydrogens (tertiary/aromatic N) is 4. The van der Waals surface area contributed by atoms with E-state index in [4.69, 9.17) is 19.4 Å². The van der Waals surface area contributed by atoms with Gasteiger partial charge >= 0.3 is 0 Å². The maximum atomic E-state index is 6.84. The van der Waals surface area contributed by atoms with Crippen LogP contribution in [0.25, 0.3) is 137 Å². The van der Waals surface area contributed by atoms with Gasteiger partial charge in [-0.25, -0.2) is 15.0 Å². The Morgan fingerprint density at radius 2 is 0.922 bits per heavy atom. The molecule has 0 bridgehead atoms. The van der Waals surface area contributed by atoms with E-state index in [1.54, 1.807) is 0 Å². The molecule has 11 aromatic carbocycles. The molecule has 0 radical (unpaired) electrons. The molecule has 3 heterocycles. The van der Waals surface area contributed by atoms with Gasteiger partial charge in [-0.3, -0.25) is 0 Å². The van der Waals surface area contributed by atoms with Crippen LogP contribution in [-0.4, -0.2) is 19.5 Å². The maximum Gasteiger partial charge on any atom is 0.164 e. The average Bonchev–Trinajstić information content (AvgIpc) is 3.90. The highest BCUT2D eigenvalue weighted by Gasteiger charge is 2.22. The zero-order valence-electron chi connectivity index (χ0n) is 34.3. The Hall–Kier alpha value is -8.67. The Kier molecular flexibility index (Phi) is 7.33. The molecule has 0 aliphatic heterocycles. The first-order chi connectivity index (χ1) is 31.7. The molecule has 14 rings (SSSR count). The zero-order chi connectivity index (χ0) is 41.9. The van der Waals surface area contributed by atoms with Gasteiger partial charge in [0.1, 0.15) is 11.2 Å². The summed E-state index contributed by atoms with van der Waals surface area (Å²) in [5.41, 5.74) is 7.87. The van der Waals surface area contributed by atoms with Crippen molar-refractivity contribution in [3.8, 4) is 39.9 Å². The topological polar surface area (TPSA) is 56.7 Å². The molecule has 5 nitrogen and oxygen atoms in total. The lowest BCUT2D eigenvalue weighted by molar-refractivity contribution is 0.672. The molecule has 14 aromatic rings. The Morgan fingerprint density at radius 1 is 0.328 bits per heavy atom. The monoisotopic (exact) mass is 814 g/mol. The molecule has 296 valence electrons. The summed E-state index contributed by atoms with van der Waals surface area (Å²) in [4.78, 5) is 15.9. The molecule has 0 saturated carbocycles. The first-order valence-corrected chi connectivity index (χ1v) is 21.7. The summed E-state index contributed by atoms with van der Waals surface area (Å²) < 4.78 is 9.29. The third-order valence-corrected chi connectivity index (χ3v) is 13.2. The van der Waals surface area contributed by atoms with Crippen molar-refractivity contribution in [3.63, 3.8) is 0 Å². The average molecular weight is 815 g/mol. The lowest BCUT2D eigenvalue weighted by Crippen LogP contribution is -2.01. The number of furan rings is 1.